The number of benzene rings is 1. The van der Waals surface area contributed by atoms with Gasteiger partial charge in [-0.2, -0.15) is 0 Å². The maximum absolute atomic E-state index is 11.5. The summed E-state index contributed by atoms with van der Waals surface area (Å²) in [5.74, 6) is -2.34. The van der Waals surface area contributed by atoms with Crippen LogP contribution in [-0.2, 0) is 14.3 Å². The van der Waals surface area contributed by atoms with Gasteiger partial charge in [0.15, 0.2) is 0 Å². The van der Waals surface area contributed by atoms with E-state index in [9.17, 15) is 9.59 Å². The number of carboxylic acids is 1. The smallest absolute Gasteiger partial charge is 0.313 e. The Balaban J connectivity index is 3.00. The number of hydrogen-bond acceptors (Lipinski definition) is 3. The van der Waals surface area contributed by atoms with E-state index in [0.717, 1.165) is 4.47 Å². The van der Waals surface area contributed by atoms with Crippen molar-refractivity contribution in [2.45, 2.75) is 12.3 Å². The summed E-state index contributed by atoms with van der Waals surface area (Å²) in [6.07, 6.45) is -0.275. The van der Waals surface area contributed by atoms with Gasteiger partial charge in [-0.3, -0.25) is 9.59 Å². The molecule has 1 aromatic rings. The van der Waals surface area contributed by atoms with Crippen molar-refractivity contribution < 1.29 is 19.4 Å². The van der Waals surface area contributed by atoms with E-state index in [-0.39, 0.29) is 6.42 Å². The van der Waals surface area contributed by atoms with Crippen LogP contribution in [0.25, 0.3) is 0 Å². The molecule has 0 fully saturated rings. The van der Waals surface area contributed by atoms with Gasteiger partial charge < -0.3 is 9.84 Å². The van der Waals surface area contributed by atoms with Gasteiger partial charge in [0, 0.05) is 4.47 Å². The van der Waals surface area contributed by atoms with Gasteiger partial charge in [-0.1, -0.05) is 28.1 Å². The van der Waals surface area contributed by atoms with Gasteiger partial charge in [0.05, 0.1) is 19.4 Å². The molecule has 0 heterocycles. The molecule has 0 radical (unpaired) electrons. The topological polar surface area (TPSA) is 63.6 Å². The van der Waals surface area contributed by atoms with E-state index in [1.54, 1.807) is 24.3 Å². The zero-order valence-corrected chi connectivity index (χ0v) is 10.2. The van der Waals surface area contributed by atoms with E-state index in [4.69, 9.17) is 5.11 Å². The Hall–Kier alpha value is -1.36. The number of ether oxygens (including phenoxy) is 1. The summed E-state index contributed by atoms with van der Waals surface area (Å²) in [6.45, 7) is 0. The Kier molecular flexibility index (Phi) is 4.49. The summed E-state index contributed by atoms with van der Waals surface area (Å²) in [7, 11) is 1.25. The Morgan fingerprint density at radius 1 is 1.50 bits per heavy atom. The first-order valence-corrected chi connectivity index (χ1v) is 5.39. The molecule has 0 aliphatic heterocycles. The largest absolute Gasteiger partial charge is 0.481 e. The van der Waals surface area contributed by atoms with Crippen molar-refractivity contribution in [1.82, 2.24) is 0 Å². The molecule has 0 saturated carbocycles. The van der Waals surface area contributed by atoms with Crippen LogP contribution in [0.15, 0.2) is 28.7 Å². The first kappa shape index (κ1) is 12.7. The highest BCUT2D eigenvalue weighted by Crippen LogP contribution is 2.24. The minimum atomic E-state index is -1.03. The molecule has 0 bridgehead atoms. The molecule has 86 valence electrons. The minimum absolute atomic E-state index is 0.275. The van der Waals surface area contributed by atoms with Gasteiger partial charge in [-0.15, -0.1) is 0 Å². The predicted octanol–water partition coefficient (Wildman–Crippen LogP) is 2.18. The number of halogens is 1. The summed E-state index contributed by atoms with van der Waals surface area (Å²) in [6, 6.07) is 6.97. The first-order chi connectivity index (χ1) is 7.54. The second kappa shape index (κ2) is 5.65. The Labute approximate surface area is 101 Å². The van der Waals surface area contributed by atoms with Crippen LogP contribution in [0.4, 0.5) is 0 Å². The number of hydrogen-bond donors (Lipinski definition) is 1. The van der Waals surface area contributed by atoms with E-state index in [2.05, 4.69) is 20.7 Å². The van der Waals surface area contributed by atoms with Crippen LogP contribution in [0.3, 0.4) is 0 Å². The van der Waals surface area contributed by atoms with Crippen molar-refractivity contribution in [2.24, 2.45) is 0 Å². The van der Waals surface area contributed by atoms with Gasteiger partial charge in [0.2, 0.25) is 0 Å². The summed E-state index contributed by atoms with van der Waals surface area (Å²) in [5, 5.41) is 8.74. The van der Waals surface area contributed by atoms with Gasteiger partial charge in [-0.05, 0) is 17.7 Å². The van der Waals surface area contributed by atoms with Crippen molar-refractivity contribution in [3.05, 3.63) is 34.3 Å². The van der Waals surface area contributed by atoms with Gasteiger partial charge in [0.25, 0.3) is 0 Å². The van der Waals surface area contributed by atoms with Crippen LogP contribution in [-0.4, -0.2) is 24.2 Å². The van der Waals surface area contributed by atoms with Crippen LogP contribution in [0, 0.1) is 0 Å². The maximum Gasteiger partial charge on any atom is 0.313 e. The van der Waals surface area contributed by atoms with Crippen LogP contribution in [0.5, 0.6) is 0 Å². The second-order valence-electron chi connectivity index (χ2n) is 3.23. The fourth-order valence-corrected chi connectivity index (χ4v) is 1.79. The quantitative estimate of drug-likeness (QED) is 0.862. The fourth-order valence-electron chi connectivity index (χ4n) is 1.38. The number of carbonyl (C=O) groups is 2. The van der Waals surface area contributed by atoms with E-state index >= 15 is 0 Å². The van der Waals surface area contributed by atoms with Crippen molar-refractivity contribution >= 4 is 27.9 Å². The second-order valence-corrected chi connectivity index (χ2v) is 4.14. The molecular formula is C11H11BrO4. The Morgan fingerprint density at radius 2 is 2.19 bits per heavy atom. The average Bonchev–Trinajstić information content (AvgIpc) is 2.24. The number of carbonyl (C=O) groups excluding carboxylic acids is 1. The van der Waals surface area contributed by atoms with Crippen LogP contribution < -0.4 is 0 Å². The SMILES string of the molecule is COC(=O)C(CC(=O)O)c1cccc(Br)c1. The third-order valence-corrected chi connectivity index (χ3v) is 2.61. The molecular weight excluding hydrogens is 276 g/mol. The lowest BCUT2D eigenvalue weighted by Gasteiger charge is -2.12. The van der Waals surface area contributed by atoms with Gasteiger partial charge in [-0.25, -0.2) is 0 Å². The third kappa shape index (κ3) is 3.34. The van der Waals surface area contributed by atoms with Gasteiger partial charge in [0.1, 0.15) is 0 Å². The van der Waals surface area contributed by atoms with Crippen LogP contribution in [0.2, 0.25) is 0 Å². The molecule has 0 saturated heterocycles. The van der Waals surface area contributed by atoms with E-state index in [1.807, 2.05) is 0 Å². The lowest BCUT2D eigenvalue weighted by molar-refractivity contribution is -0.147. The fraction of sp³-hybridized carbons (Fsp3) is 0.273. The molecule has 1 atom stereocenters. The van der Waals surface area contributed by atoms with Crippen molar-refractivity contribution in [3.8, 4) is 0 Å². The molecule has 0 aliphatic carbocycles. The normalized spacial score (nSPS) is 11.9. The van der Waals surface area contributed by atoms with Crippen LogP contribution in [0.1, 0.15) is 17.9 Å². The molecule has 1 unspecified atom stereocenters. The summed E-state index contributed by atoms with van der Waals surface area (Å²) in [4.78, 5) is 22.1. The lowest BCUT2D eigenvalue weighted by atomic mass is 9.96. The molecule has 1 N–H and O–H groups in total. The van der Waals surface area contributed by atoms with E-state index in [1.165, 1.54) is 7.11 Å². The zero-order valence-electron chi connectivity index (χ0n) is 8.64. The highest BCUT2D eigenvalue weighted by molar-refractivity contribution is 9.10. The summed E-state index contributed by atoms with van der Waals surface area (Å²) >= 11 is 3.27. The molecule has 16 heavy (non-hydrogen) atoms. The molecule has 0 spiro atoms. The maximum atomic E-state index is 11.5. The first-order valence-electron chi connectivity index (χ1n) is 4.59. The number of carboxylic acid groups (broad SMARTS) is 1. The third-order valence-electron chi connectivity index (χ3n) is 2.12. The number of aliphatic carboxylic acids is 1. The van der Waals surface area contributed by atoms with Crippen molar-refractivity contribution in [1.29, 1.82) is 0 Å². The highest BCUT2D eigenvalue weighted by atomic mass is 79.9. The molecule has 1 rings (SSSR count). The minimum Gasteiger partial charge on any atom is -0.481 e. The Bertz CT molecular complexity index is 403. The number of rotatable bonds is 4. The number of esters is 1. The highest BCUT2D eigenvalue weighted by Gasteiger charge is 2.24. The molecule has 5 heteroatoms. The summed E-state index contributed by atoms with van der Waals surface area (Å²) in [5.41, 5.74) is 0.628. The molecule has 0 amide bonds. The molecule has 4 nitrogen and oxygen atoms in total. The van der Waals surface area contributed by atoms with Crippen molar-refractivity contribution in [3.63, 3.8) is 0 Å². The average molecular weight is 287 g/mol. The standard InChI is InChI=1S/C11H11BrO4/c1-16-11(15)9(6-10(13)14)7-3-2-4-8(12)5-7/h2-5,9H,6H2,1H3,(H,13,14). The van der Waals surface area contributed by atoms with E-state index < -0.39 is 17.9 Å². The van der Waals surface area contributed by atoms with E-state index in [0.29, 0.717) is 5.56 Å². The predicted molar refractivity (Wildman–Crippen MR) is 61.2 cm³/mol. The van der Waals surface area contributed by atoms with Crippen molar-refractivity contribution in [2.75, 3.05) is 7.11 Å². The zero-order chi connectivity index (χ0) is 12.1. The number of methoxy groups -OCH3 is 1. The summed E-state index contributed by atoms with van der Waals surface area (Å²) < 4.78 is 5.39. The monoisotopic (exact) mass is 286 g/mol. The molecule has 0 aromatic heterocycles. The molecule has 0 aliphatic rings. The molecule has 1 aromatic carbocycles. The van der Waals surface area contributed by atoms with Gasteiger partial charge >= 0.3 is 11.9 Å². The lowest BCUT2D eigenvalue weighted by Crippen LogP contribution is -2.17. The van der Waals surface area contributed by atoms with Crippen LogP contribution >= 0.6 is 15.9 Å². The Morgan fingerprint density at radius 3 is 2.69 bits per heavy atom.